The first kappa shape index (κ1) is 18.8. The van der Waals surface area contributed by atoms with Crippen LogP contribution in [0.25, 0.3) is 0 Å². The van der Waals surface area contributed by atoms with Gasteiger partial charge in [0.2, 0.25) is 5.91 Å². The summed E-state index contributed by atoms with van der Waals surface area (Å²) in [6.07, 6.45) is -3.48. The monoisotopic (exact) mass is 379 g/mol. The zero-order valence-electron chi connectivity index (χ0n) is 14.1. The summed E-state index contributed by atoms with van der Waals surface area (Å²) < 4.78 is 48.3. The summed E-state index contributed by atoms with van der Waals surface area (Å²) in [7, 11) is 0. The lowest BCUT2D eigenvalue weighted by atomic mass is 10.0. The van der Waals surface area contributed by atoms with E-state index < -0.39 is 17.7 Å². The highest BCUT2D eigenvalue weighted by atomic mass is 19.4. The van der Waals surface area contributed by atoms with Gasteiger partial charge < -0.3 is 14.8 Å². The van der Waals surface area contributed by atoms with Gasteiger partial charge in [-0.3, -0.25) is 4.79 Å². The molecule has 3 rings (SSSR count). The van der Waals surface area contributed by atoms with E-state index in [2.05, 4.69) is 5.32 Å². The number of hydrogen-bond acceptors (Lipinski definition) is 4. The Morgan fingerprint density at radius 1 is 1.11 bits per heavy atom. The minimum Gasteiger partial charge on any atom is -0.482 e. The molecule has 1 heterocycles. The Morgan fingerprint density at radius 2 is 1.93 bits per heavy atom. The molecule has 1 aliphatic heterocycles. The Kier molecular flexibility index (Phi) is 5.34. The summed E-state index contributed by atoms with van der Waals surface area (Å²) in [6.45, 7) is -0.646. The maximum absolute atomic E-state index is 12.7. The molecular weight excluding hydrogens is 363 g/mol. The highest BCUT2D eigenvalue weighted by Crippen LogP contribution is 2.30. The number of aryl methyl sites for hydroxylation is 1. The number of anilines is 1. The Balaban J connectivity index is 1.51. The maximum Gasteiger partial charge on any atom is 0.416 e. The number of carbonyl (C=O) groups excluding carboxylic acids is 2. The van der Waals surface area contributed by atoms with Crippen LogP contribution in [0.4, 0.5) is 18.9 Å². The van der Waals surface area contributed by atoms with Gasteiger partial charge in [-0.2, -0.15) is 13.2 Å². The molecule has 0 bridgehead atoms. The first-order valence-corrected chi connectivity index (χ1v) is 8.18. The van der Waals surface area contributed by atoms with Gasteiger partial charge in [0.05, 0.1) is 5.56 Å². The molecule has 0 unspecified atom stereocenters. The van der Waals surface area contributed by atoms with Crippen molar-refractivity contribution in [3.05, 3.63) is 59.2 Å². The van der Waals surface area contributed by atoms with Crippen LogP contribution in [0.3, 0.4) is 0 Å². The van der Waals surface area contributed by atoms with Gasteiger partial charge in [-0.05, 0) is 47.9 Å². The zero-order valence-corrected chi connectivity index (χ0v) is 14.1. The van der Waals surface area contributed by atoms with Crippen molar-refractivity contribution in [1.29, 1.82) is 0 Å². The molecule has 2 aromatic rings. The second-order valence-electron chi connectivity index (χ2n) is 6.01. The van der Waals surface area contributed by atoms with Crippen molar-refractivity contribution in [3.8, 4) is 5.75 Å². The number of fused-ring (bicyclic) bond motifs is 1. The quantitative estimate of drug-likeness (QED) is 0.805. The van der Waals surface area contributed by atoms with Gasteiger partial charge in [0.15, 0.2) is 6.61 Å². The predicted octanol–water partition coefficient (Wildman–Crippen LogP) is 3.71. The number of alkyl halides is 3. The molecule has 8 heteroatoms. The van der Waals surface area contributed by atoms with E-state index in [9.17, 15) is 22.8 Å². The van der Waals surface area contributed by atoms with Crippen LogP contribution in [-0.2, 0) is 33.5 Å². The molecule has 0 radical (unpaired) electrons. The lowest BCUT2D eigenvalue weighted by molar-refractivity contribution is -0.147. The summed E-state index contributed by atoms with van der Waals surface area (Å²) in [4.78, 5) is 23.1. The summed E-state index contributed by atoms with van der Waals surface area (Å²) in [6, 6.07) is 9.63. The molecule has 1 aliphatic rings. The van der Waals surface area contributed by atoms with E-state index in [0.29, 0.717) is 24.3 Å². The molecule has 0 fully saturated rings. The average molecular weight is 379 g/mol. The summed E-state index contributed by atoms with van der Waals surface area (Å²) in [5.41, 5.74) is 1.06. The van der Waals surface area contributed by atoms with Crippen molar-refractivity contribution in [2.75, 3.05) is 11.9 Å². The lowest BCUT2D eigenvalue weighted by Crippen LogP contribution is -2.19. The van der Waals surface area contributed by atoms with Gasteiger partial charge in [-0.15, -0.1) is 0 Å². The molecule has 0 saturated carbocycles. The second-order valence-corrected chi connectivity index (χ2v) is 6.01. The smallest absolute Gasteiger partial charge is 0.416 e. The maximum atomic E-state index is 12.7. The molecule has 2 aromatic carbocycles. The fourth-order valence-electron chi connectivity index (χ4n) is 2.63. The van der Waals surface area contributed by atoms with Crippen LogP contribution >= 0.6 is 0 Å². The summed E-state index contributed by atoms with van der Waals surface area (Å²) >= 11 is 0. The Labute approximate surface area is 153 Å². The third kappa shape index (κ3) is 4.99. The van der Waals surface area contributed by atoms with E-state index in [1.54, 1.807) is 18.2 Å². The second kappa shape index (κ2) is 7.69. The topological polar surface area (TPSA) is 64.6 Å². The molecule has 27 heavy (non-hydrogen) atoms. The molecule has 5 nitrogen and oxygen atoms in total. The molecule has 0 aliphatic carbocycles. The number of esters is 1. The first-order chi connectivity index (χ1) is 12.8. The lowest BCUT2D eigenvalue weighted by Gasteiger charge is -2.17. The number of ether oxygens (including phenoxy) is 2. The number of hydrogen-bond donors (Lipinski definition) is 1. The van der Waals surface area contributed by atoms with E-state index >= 15 is 0 Å². The molecule has 0 saturated heterocycles. The van der Waals surface area contributed by atoms with Crippen molar-refractivity contribution < 1.29 is 32.2 Å². The molecule has 0 atom stereocenters. The van der Waals surface area contributed by atoms with E-state index in [4.69, 9.17) is 9.47 Å². The van der Waals surface area contributed by atoms with Crippen LogP contribution in [0.15, 0.2) is 42.5 Å². The normalized spacial score (nSPS) is 13.5. The van der Waals surface area contributed by atoms with Gasteiger partial charge in [-0.25, -0.2) is 4.79 Å². The highest BCUT2D eigenvalue weighted by molar-refractivity contribution is 5.94. The fourth-order valence-corrected chi connectivity index (χ4v) is 2.63. The van der Waals surface area contributed by atoms with E-state index in [1.165, 1.54) is 12.1 Å². The van der Waals surface area contributed by atoms with Crippen molar-refractivity contribution in [2.24, 2.45) is 0 Å². The Morgan fingerprint density at radius 3 is 2.70 bits per heavy atom. The molecule has 142 valence electrons. The Bertz CT molecular complexity index is 864. The van der Waals surface area contributed by atoms with E-state index in [-0.39, 0.29) is 24.7 Å². The van der Waals surface area contributed by atoms with Gasteiger partial charge >= 0.3 is 12.1 Å². The average Bonchev–Trinajstić information content (AvgIpc) is 2.64. The standard InChI is InChI=1S/C19H16F3NO4/c20-19(21,22)14-3-1-2-12(8-14)10-27-18(25)11-26-15-5-6-16-13(9-15)4-7-17(24)23-16/h1-3,5-6,8-9H,4,7,10-11H2,(H,23,24). The van der Waals surface area contributed by atoms with Gasteiger partial charge in [-0.1, -0.05) is 12.1 Å². The van der Waals surface area contributed by atoms with Gasteiger partial charge in [0, 0.05) is 12.1 Å². The predicted molar refractivity (Wildman–Crippen MR) is 90.1 cm³/mol. The van der Waals surface area contributed by atoms with Crippen molar-refractivity contribution in [2.45, 2.75) is 25.6 Å². The van der Waals surface area contributed by atoms with Gasteiger partial charge in [0.1, 0.15) is 12.4 Å². The van der Waals surface area contributed by atoms with E-state index in [1.807, 2.05) is 0 Å². The fraction of sp³-hybridized carbons (Fsp3) is 0.263. The largest absolute Gasteiger partial charge is 0.482 e. The summed E-state index contributed by atoms with van der Waals surface area (Å²) in [5.74, 6) is -0.298. The van der Waals surface area contributed by atoms with E-state index in [0.717, 1.165) is 17.7 Å². The molecule has 0 aromatic heterocycles. The van der Waals surface area contributed by atoms with Crippen molar-refractivity contribution >= 4 is 17.6 Å². The van der Waals surface area contributed by atoms with Crippen LogP contribution in [0.1, 0.15) is 23.1 Å². The van der Waals surface area contributed by atoms with Gasteiger partial charge in [0.25, 0.3) is 0 Å². The van der Waals surface area contributed by atoms with Crippen LogP contribution in [0, 0.1) is 0 Å². The van der Waals surface area contributed by atoms with Crippen molar-refractivity contribution in [1.82, 2.24) is 0 Å². The number of nitrogens with one attached hydrogen (secondary N) is 1. The SMILES string of the molecule is O=C1CCc2cc(OCC(=O)OCc3cccc(C(F)(F)F)c3)ccc2N1. The molecule has 1 amide bonds. The molecule has 1 N–H and O–H groups in total. The minimum atomic E-state index is -4.45. The number of carbonyl (C=O) groups is 2. The number of halogens is 3. The number of amides is 1. The summed E-state index contributed by atoms with van der Waals surface area (Å²) in [5, 5.41) is 2.74. The number of rotatable bonds is 5. The third-order valence-electron chi connectivity index (χ3n) is 3.98. The third-order valence-corrected chi connectivity index (χ3v) is 3.98. The molecular formula is C19H16F3NO4. The highest BCUT2D eigenvalue weighted by Gasteiger charge is 2.30. The zero-order chi connectivity index (χ0) is 19.4. The van der Waals surface area contributed by atoms with Crippen molar-refractivity contribution in [3.63, 3.8) is 0 Å². The number of benzene rings is 2. The molecule has 0 spiro atoms. The Hall–Kier alpha value is -3.03. The first-order valence-electron chi connectivity index (χ1n) is 8.18. The minimum absolute atomic E-state index is 0.0469. The van der Waals surface area contributed by atoms with Crippen LogP contribution in [0.2, 0.25) is 0 Å². The van der Waals surface area contributed by atoms with Crippen LogP contribution < -0.4 is 10.1 Å². The van der Waals surface area contributed by atoms with Crippen LogP contribution in [0.5, 0.6) is 5.75 Å². The van der Waals surface area contributed by atoms with Crippen LogP contribution in [-0.4, -0.2) is 18.5 Å².